The molecule has 0 fully saturated rings. The zero-order valence-corrected chi connectivity index (χ0v) is 12.5. The van der Waals surface area contributed by atoms with E-state index in [2.05, 4.69) is 9.59 Å². The van der Waals surface area contributed by atoms with Crippen molar-refractivity contribution in [3.8, 4) is 0 Å². The van der Waals surface area contributed by atoms with Gasteiger partial charge in [0.25, 0.3) is 0 Å². The summed E-state index contributed by atoms with van der Waals surface area (Å²) in [6.07, 6.45) is 0. The van der Waals surface area contributed by atoms with Gasteiger partial charge in [0.15, 0.2) is 0 Å². The van der Waals surface area contributed by atoms with E-state index in [1.54, 1.807) is 0 Å². The molecule has 0 saturated heterocycles. The monoisotopic (exact) mass is 299 g/mol. The molecule has 1 aromatic heterocycles. The van der Waals surface area contributed by atoms with Gasteiger partial charge < -0.3 is 5.73 Å². The smallest absolute Gasteiger partial charge is 0.123 e. The van der Waals surface area contributed by atoms with E-state index in [1.165, 1.54) is 29.7 Å². The van der Waals surface area contributed by atoms with Crippen LogP contribution in [0.25, 0.3) is 0 Å². The molecule has 1 heterocycles. The van der Waals surface area contributed by atoms with Crippen molar-refractivity contribution in [1.29, 1.82) is 0 Å². The predicted octanol–water partition coefficient (Wildman–Crippen LogP) is 3.68. The van der Waals surface area contributed by atoms with Crippen molar-refractivity contribution in [3.05, 3.63) is 45.2 Å². The van der Waals surface area contributed by atoms with Gasteiger partial charge >= 0.3 is 0 Å². The van der Waals surface area contributed by atoms with Crippen LogP contribution in [-0.4, -0.2) is 9.59 Å². The van der Waals surface area contributed by atoms with Crippen LogP contribution in [0.1, 0.15) is 42.9 Å². The molecule has 3 nitrogen and oxygen atoms in total. The summed E-state index contributed by atoms with van der Waals surface area (Å²) in [4.78, 5) is 0.819. The molecule has 102 valence electrons. The summed E-state index contributed by atoms with van der Waals surface area (Å²) in [5, 5.41) is 4.58. The van der Waals surface area contributed by atoms with Crippen LogP contribution in [-0.2, 0) is 5.41 Å². The fourth-order valence-electron chi connectivity index (χ4n) is 1.82. The maximum atomic E-state index is 13.3. The van der Waals surface area contributed by atoms with Crippen molar-refractivity contribution in [2.45, 2.75) is 32.2 Å². The van der Waals surface area contributed by atoms with Gasteiger partial charge in [-0.25, -0.2) is 4.39 Å². The van der Waals surface area contributed by atoms with Crippen LogP contribution >= 0.6 is 23.1 Å². The SMILES string of the molecule is CC(C)(C)c1nnsc1C(N)c1cc(F)ccc1Cl. The second kappa shape index (κ2) is 5.15. The molecule has 2 rings (SSSR count). The van der Waals surface area contributed by atoms with E-state index in [-0.39, 0.29) is 11.2 Å². The van der Waals surface area contributed by atoms with Crippen LogP contribution < -0.4 is 5.73 Å². The molecular formula is C13H15ClFN3S. The molecule has 1 aromatic carbocycles. The van der Waals surface area contributed by atoms with Gasteiger partial charge in [-0.3, -0.25) is 0 Å². The standard InChI is InChI=1S/C13H15ClFN3S/c1-13(2,3)12-11(19-18-17-12)10(16)8-6-7(15)4-5-9(8)14/h4-6,10H,16H2,1-3H3. The molecule has 0 amide bonds. The van der Waals surface area contributed by atoms with E-state index in [0.717, 1.165) is 10.6 Å². The normalized spacial score (nSPS) is 13.6. The molecule has 0 bridgehead atoms. The van der Waals surface area contributed by atoms with E-state index in [1.807, 2.05) is 20.8 Å². The van der Waals surface area contributed by atoms with Crippen molar-refractivity contribution < 1.29 is 4.39 Å². The number of benzene rings is 1. The zero-order chi connectivity index (χ0) is 14.2. The predicted molar refractivity (Wildman–Crippen MR) is 76.0 cm³/mol. The summed E-state index contributed by atoms with van der Waals surface area (Å²) in [6, 6.07) is 3.67. The summed E-state index contributed by atoms with van der Waals surface area (Å²) >= 11 is 7.32. The van der Waals surface area contributed by atoms with Gasteiger partial charge in [0, 0.05) is 10.4 Å². The van der Waals surface area contributed by atoms with E-state index in [9.17, 15) is 4.39 Å². The fourth-order valence-corrected chi connectivity index (χ4v) is 2.94. The van der Waals surface area contributed by atoms with E-state index in [0.29, 0.717) is 10.6 Å². The second-order valence-electron chi connectivity index (χ2n) is 5.38. The number of nitrogens with two attached hydrogens (primary N) is 1. The maximum Gasteiger partial charge on any atom is 0.123 e. The molecule has 0 aliphatic rings. The van der Waals surface area contributed by atoms with Gasteiger partial charge in [-0.15, -0.1) is 5.10 Å². The van der Waals surface area contributed by atoms with Gasteiger partial charge in [-0.1, -0.05) is 36.9 Å². The molecule has 19 heavy (non-hydrogen) atoms. The fraction of sp³-hybridized carbons (Fsp3) is 0.385. The van der Waals surface area contributed by atoms with Crippen molar-refractivity contribution >= 4 is 23.1 Å². The Morgan fingerprint density at radius 2 is 2.05 bits per heavy atom. The minimum Gasteiger partial charge on any atom is -0.319 e. The minimum atomic E-state index is -0.516. The number of halogens is 2. The average Bonchev–Trinajstić information content (AvgIpc) is 2.80. The van der Waals surface area contributed by atoms with Crippen LogP contribution in [0, 0.1) is 5.82 Å². The highest BCUT2D eigenvalue weighted by atomic mass is 35.5. The van der Waals surface area contributed by atoms with Crippen molar-refractivity contribution in [2.75, 3.05) is 0 Å². The Balaban J connectivity index is 2.48. The molecule has 0 radical (unpaired) electrons. The van der Waals surface area contributed by atoms with Crippen LogP contribution in [0.3, 0.4) is 0 Å². The molecule has 0 saturated carbocycles. The van der Waals surface area contributed by atoms with Crippen LogP contribution in [0.5, 0.6) is 0 Å². The Bertz CT molecular complexity index is 592. The molecule has 2 N–H and O–H groups in total. The lowest BCUT2D eigenvalue weighted by molar-refractivity contribution is 0.556. The highest BCUT2D eigenvalue weighted by molar-refractivity contribution is 7.05. The Morgan fingerprint density at radius 1 is 1.37 bits per heavy atom. The summed E-state index contributed by atoms with van der Waals surface area (Å²) in [7, 11) is 0. The first-order valence-electron chi connectivity index (χ1n) is 5.84. The molecule has 6 heteroatoms. The van der Waals surface area contributed by atoms with Crippen LogP contribution in [0.15, 0.2) is 18.2 Å². The Hall–Kier alpha value is -1.04. The summed E-state index contributed by atoms with van der Waals surface area (Å²) in [5.74, 6) is -0.357. The molecule has 1 atom stereocenters. The largest absolute Gasteiger partial charge is 0.319 e. The van der Waals surface area contributed by atoms with Crippen molar-refractivity contribution in [2.24, 2.45) is 5.73 Å². The van der Waals surface area contributed by atoms with Gasteiger partial charge in [-0.2, -0.15) is 0 Å². The summed E-state index contributed by atoms with van der Waals surface area (Å²) in [5.41, 5.74) is 7.42. The molecule has 0 aliphatic heterocycles. The quantitative estimate of drug-likeness (QED) is 0.920. The maximum absolute atomic E-state index is 13.3. The number of nitrogens with zero attached hydrogens (tertiary/aromatic N) is 2. The third-order valence-corrected chi connectivity index (χ3v) is 3.95. The third kappa shape index (κ3) is 2.94. The van der Waals surface area contributed by atoms with Crippen molar-refractivity contribution in [1.82, 2.24) is 9.59 Å². The number of hydrogen-bond donors (Lipinski definition) is 1. The number of rotatable bonds is 2. The van der Waals surface area contributed by atoms with Crippen molar-refractivity contribution in [3.63, 3.8) is 0 Å². The van der Waals surface area contributed by atoms with Gasteiger partial charge in [0.05, 0.1) is 16.6 Å². The summed E-state index contributed by atoms with van der Waals surface area (Å²) in [6.45, 7) is 6.10. The zero-order valence-electron chi connectivity index (χ0n) is 10.9. The molecule has 0 spiro atoms. The first kappa shape index (κ1) is 14.4. The van der Waals surface area contributed by atoms with Gasteiger partial charge in [0.1, 0.15) is 5.82 Å². The molecule has 1 unspecified atom stereocenters. The summed E-state index contributed by atoms with van der Waals surface area (Å²) < 4.78 is 17.3. The lowest BCUT2D eigenvalue weighted by Gasteiger charge is -2.20. The van der Waals surface area contributed by atoms with Crippen LogP contribution in [0.4, 0.5) is 4.39 Å². The Labute approximate surface area is 120 Å². The van der Waals surface area contributed by atoms with Crippen LogP contribution in [0.2, 0.25) is 5.02 Å². The van der Waals surface area contributed by atoms with Gasteiger partial charge in [0.2, 0.25) is 0 Å². The first-order valence-corrected chi connectivity index (χ1v) is 6.99. The number of hydrogen-bond acceptors (Lipinski definition) is 4. The van der Waals surface area contributed by atoms with Gasteiger partial charge in [-0.05, 0) is 35.3 Å². The number of aromatic nitrogens is 2. The van der Waals surface area contributed by atoms with E-state index < -0.39 is 6.04 Å². The molecule has 0 aliphatic carbocycles. The lowest BCUT2D eigenvalue weighted by atomic mass is 9.89. The minimum absolute atomic E-state index is 0.167. The Kier molecular flexibility index (Phi) is 3.90. The van der Waals surface area contributed by atoms with E-state index in [4.69, 9.17) is 17.3 Å². The molecule has 2 aromatic rings. The topological polar surface area (TPSA) is 51.8 Å². The Morgan fingerprint density at radius 3 is 2.68 bits per heavy atom. The molecular weight excluding hydrogens is 285 g/mol. The highest BCUT2D eigenvalue weighted by Gasteiger charge is 2.27. The second-order valence-corrected chi connectivity index (χ2v) is 6.57. The lowest BCUT2D eigenvalue weighted by Crippen LogP contribution is -2.20. The average molecular weight is 300 g/mol. The van der Waals surface area contributed by atoms with E-state index >= 15 is 0 Å². The third-order valence-electron chi connectivity index (χ3n) is 2.80. The highest BCUT2D eigenvalue weighted by Crippen LogP contribution is 2.34. The first-order chi connectivity index (χ1) is 8.80.